The van der Waals surface area contributed by atoms with Gasteiger partial charge in [0.05, 0.1) is 0 Å². The topological polar surface area (TPSA) is 29.1 Å². The Labute approximate surface area is 101 Å². The third kappa shape index (κ3) is 1.70. The van der Waals surface area contributed by atoms with E-state index in [2.05, 4.69) is 41.7 Å². The molecule has 0 spiro atoms. The monoisotopic (exact) mass is 225 g/mol. The largest absolute Gasteiger partial charge is 0.356 e. The fourth-order valence-corrected chi connectivity index (χ4v) is 2.78. The molecular weight excluding hydrogens is 210 g/mol. The molecule has 1 atom stereocenters. The molecule has 1 N–H and O–H groups in total. The summed E-state index contributed by atoms with van der Waals surface area (Å²) in [5, 5.41) is 5.63. The molecule has 0 radical (unpaired) electrons. The molecule has 2 nitrogen and oxygen atoms in total. The highest BCUT2D eigenvalue weighted by Crippen LogP contribution is 2.37. The minimum atomic E-state index is 0.0492. The summed E-state index contributed by atoms with van der Waals surface area (Å²) in [5.41, 5.74) is 2.79. The van der Waals surface area contributed by atoms with Crippen LogP contribution in [0.4, 0.5) is 0 Å². The molecule has 2 aromatic rings. The second kappa shape index (κ2) is 3.88. The Kier molecular flexibility index (Phi) is 2.36. The molecule has 86 valence electrons. The van der Waals surface area contributed by atoms with Crippen molar-refractivity contribution in [3.05, 3.63) is 47.5 Å². The minimum Gasteiger partial charge on any atom is -0.356 e. The van der Waals surface area contributed by atoms with E-state index in [4.69, 9.17) is 0 Å². The zero-order valence-corrected chi connectivity index (χ0v) is 9.86. The van der Waals surface area contributed by atoms with Gasteiger partial charge in [-0.2, -0.15) is 0 Å². The number of carbonyl (C=O) groups excluding carboxylic acids is 1. The highest BCUT2D eigenvalue weighted by atomic mass is 16.1. The second-order valence-electron chi connectivity index (χ2n) is 4.70. The Balaban J connectivity index is 2.01. The van der Waals surface area contributed by atoms with Gasteiger partial charge in [0.15, 0.2) is 0 Å². The van der Waals surface area contributed by atoms with Gasteiger partial charge in [-0.15, -0.1) is 0 Å². The Morgan fingerprint density at radius 1 is 1.29 bits per heavy atom. The number of rotatable bonds is 2. The highest BCUT2D eigenvalue weighted by molar-refractivity contribution is 5.91. The molecule has 0 aliphatic heterocycles. The maximum Gasteiger partial charge on any atom is 0.216 e. The first-order valence-electron chi connectivity index (χ1n) is 6.00. The van der Waals surface area contributed by atoms with Gasteiger partial charge in [-0.05, 0) is 28.3 Å². The smallest absolute Gasteiger partial charge is 0.216 e. The number of amides is 1. The van der Waals surface area contributed by atoms with Crippen molar-refractivity contribution < 1.29 is 4.79 Å². The summed E-state index contributed by atoms with van der Waals surface area (Å²) in [6.45, 7) is 2.31. The van der Waals surface area contributed by atoms with Crippen molar-refractivity contribution in [1.29, 1.82) is 0 Å². The van der Waals surface area contributed by atoms with E-state index < -0.39 is 0 Å². The van der Waals surface area contributed by atoms with E-state index >= 15 is 0 Å². The summed E-state index contributed by atoms with van der Waals surface area (Å²) < 4.78 is 0. The predicted octanol–water partition coefficient (Wildman–Crippen LogP) is 2.62. The number of carbonyl (C=O) groups is 1. The summed E-state index contributed by atoms with van der Waals surface area (Å²) in [6.07, 6.45) is 1.04. The molecule has 0 unspecified atom stereocenters. The molecule has 1 aliphatic carbocycles. The van der Waals surface area contributed by atoms with Crippen LogP contribution >= 0.6 is 0 Å². The summed E-state index contributed by atoms with van der Waals surface area (Å²) in [6, 6.07) is 12.9. The lowest BCUT2D eigenvalue weighted by Crippen LogP contribution is -2.25. The summed E-state index contributed by atoms with van der Waals surface area (Å²) >= 11 is 0. The maximum absolute atomic E-state index is 11.0. The van der Waals surface area contributed by atoms with Gasteiger partial charge in [-0.3, -0.25) is 4.79 Å². The number of nitrogens with one attached hydrogen (secondary N) is 1. The number of hydrogen-bond donors (Lipinski definition) is 1. The molecule has 0 saturated carbocycles. The molecule has 1 amide bonds. The van der Waals surface area contributed by atoms with Crippen LogP contribution in [0.1, 0.15) is 24.0 Å². The molecule has 3 rings (SSSR count). The van der Waals surface area contributed by atoms with Crippen LogP contribution in [-0.4, -0.2) is 12.5 Å². The first-order chi connectivity index (χ1) is 8.25. The van der Waals surface area contributed by atoms with Gasteiger partial charge in [0.2, 0.25) is 5.91 Å². The molecule has 17 heavy (non-hydrogen) atoms. The van der Waals surface area contributed by atoms with E-state index in [1.165, 1.54) is 21.9 Å². The van der Waals surface area contributed by atoms with E-state index in [0.29, 0.717) is 5.92 Å². The first kappa shape index (κ1) is 10.3. The van der Waals surface area contributed by atoms with Crippen LogP contribution in [0.25, 0.3) is 10.8 Å². The third-order valence-electron chi connectivity index (χ3n) is 3.53. The van der Waals surface area contributed by atoms with Crippen molar-refractivity contribution >= 4 is 16.7 Å². The first-order valence-corrected chi connectivity index (χ1v) is 6.00. The molecule has 2 aromatic carbocycles. The lowest BCUT2D eigenvalue weighted by Gasteiger charge is -2.11. The van der Waals surface area contributed by atoms with Gasteiger partial charge in [0.25, 0.3) is 0 Å². The van der Waals surface area contributed by atoms with E-state index in [1.807, 2.05) is 0 Å². The van der Waals surface area contributed by atoms with Gasteiger partial charge in [-0.1, -0.05) is 36.4 Å². The van der Waals surface area contributed by atoms with Crippen LogP contribution in [0, 0.1) is 0 Å². The van der Waals surface area contributed by atoms with E-state index in [-0.39, 0.29) is 5.91 Å². The number of benzene rings is 2. The summed E-state index contributed by atoms with van der Waals surface area (Å²) in [5.74, 6) is 0.480. The third-order valence-corrected chi connectivity index (χ3v) is 3.53. The van der Waals surface area contributed by atoms with Crippen molar-refractivity contribution in [1.82, 2.24) is 5.32 Å². The van der Waals surface area contributed by atoms with Gasteiger partial charge >= 0.3 is 0 Å². The van der Waals surface area contributed by atoms with Crippen molar-refractivity contribution in [3.8, 4) is 0 Å². The molecule has 1 aliphatic rings. The average molecular weight is 225 g/mol. The number of hydrogen-bond acceptors (Lipinski definition) is 1. The molecule has 0 bridgehead atoms. The maximum atomic E-state index is 11.0. The van der Waals surface area contributed by atoms with Crippen molar-refractivity contribution in [3.63, 3.8) is 0 Å². The molecule has 2 heteroatoms. The molecule has 0 heterocycles. The van der Waals surface area contributed by atoms with Crippen molar-refractivity contribution in [2.24, 2.45) is 0 Å². The van der Waals surface area contributed by atoms with Crippen LogP contribution in [-0.2, 0) is 11.2 Å². The standard InChI is InChI=1S/C15H15NO/c1-10(17)16-9-13-8-12-6-2-4-11-5-3-7-14(13)15(11)12/h2-7,13H,8-9H2,1H3,(H,16,17)/t13-/m0/s1. The molecule has 0 aromatic heterocycles. The lowest BCUT2D eigenvalue weighted by atomic mass is 10.00. The SMILES string of the molecule is CC(=O)NC[C@@H]1Cc2cccc3cccc1c23. The highest BCUT2D eigenvalue weighted by Gasteiger charge is 2.23. The zero-order chi connectivity index (χ0) is 11.8. The van der Waals surface area contributed by atoms with E-state index in [9.17, 15) is 4.79 Å². The van der Waals surface area contributed by atoms with E-state index in [1.54, 1.807) is 6.92 Å². The van der Waals surface area contributed by atoms with Crippen LogP contribution in [0.3, 0.4) is 0 Å². The van der Waals surface area contributed by atoms with Crippen molar-refractivity contribution in [2.45, 2.75) is 19.3 Å². The summed E-state index contributed by atoms with van der Waals surface area (Å²) in [7, 11) is 0. The Morgan fingerprint density at radius 2 is 2.06 bits per heavy atom. The quantitative estimate of drug-likeness (QED) is 0.836. The Hall–Kier alpha value is -1.83. The fraction of sp³-hybridized carbons (Fsp3) is 0.267. The molecule has 0 saturated heterocycles. The van der Waals surface area contributed by atoms with Gasteiger partial charge < -0.3 is 5.32 Å². The van der Waals surface area contributed by atoms with Gasteiger partial charge in [0.1, 0.15) is 0 Å². The Morgan fingerprint density at radius 3 is 2.82 bits per heavy atom. The minimum absolute atomic E-state index is 0.0492. The molecular formula is C15H15NO. The predicted molar refractivity (Wildman–Crippen MR) is 69.1 cm³/mol. The zero-order valence-electron chi connectivity index (χ0n) is 9.86. The fourth-order valence-electron chi connectivity index (χ4n) is 2.78. The van der Waals surface area contributed by atoms with Crippen LogP contribution < -0.4 is 5.32 Å². The van der Waals surface area contributed by atoms with Crippen LogP contribution in [0.2, 0.25) is 0 Å². The normalized spacial score (nSPS) is 17.4. The van der Waals surface area contributed by atoms with Gasteiger partial charge in [-0.25, -0.2) is 0 Å². The Bertz CT molecular complexity index is 583. The summed E-state index contributed by atoms with van der Waals surface area (Å²) in [4.78, 5) is 11.0. The lowest BCUT2D eigenvalue weighted by molar-refractivity contribution is -0.119. The molecule has 0 fully saturated rings. The van der Waals surface area contributed by atoms with Gasteiger partial charge in [0, 0.05) is 19.4 Å². The average Bonchev–Trinajstić information content (AvgIpc) is 2.68. The van der Waals surface area contributed by atoms with E-state index in [0.717, 1.165) is 13.0 Å². The van der Waals surface area contributed by atoms with Crippen LogP contribution in [0.5, 0.6) is 0 Å². The second-order valence-corrected chi connectivity index (χ2v) is 4.70. The van der Waals surface area contributed by atoms with Crippen LogP contribution in [0.15, 0.2) is 36.4 Å². The van der Waals surface area contributed by atoms with Crippen molar-refractivity contribution in [2.75, 3.05) is 6.54 Å².